The molecule has 4 heteroatoms. The number of hydrogen-bond acceptors (Lipinski definition) is 3. The Bertz CT molecular complexity index is 617. The van der Waals surface area contributed by atoms with Crippen molar-refractivity contribution in [2.75, 3.05) is 0 Å². The van der Waals surface area contributed by atoms with Crippen LogP contribution >= 0.6 is 0 Å². The Morgan fingerprint density at radius 1 is 1.24 bits per heavy atom. The van der Waals surface area contributed by atoms with Crippen molar-refractivity contribution in [1.82, 2.24) is 4.90 Å². The molecule has 0 N–H and O–H groups in total. The fourth-order valence-corrected chi connectivity index (χ4v) is 4.20. The largest absolute Gasteiger partial charge is 0.391 e. The molecule has 4 atom stereocenters. The topological polar surface area (TPSA) is 41.9 Å². The van der Waals surface area contributed by atoms with E-state index < -0.39 is 0 Å². The van der Waals surface area contributed by atoms with Crippen LogP contribution in [-0.2, 0) is 9.63 Å². The van der Waals surface area contributed by atoms with Gasteiger partial charge in [0, 0.05) is 11.6 Å². The van der Waals surface area contributed by atoms with Crippen LogP contribution in [-0.4, -0.2) is 34.2 Å². The molecule has 1 aromatic rings. The van der Waals surface area contributed by atoms with Gasteiger partial charge in [-0.3, -0.25) is 4.79 Å². The van der Waals surface area contributed by atoms with Crippen molar-refractivity contribution >= 4 is 11.6 Å². The molecular formula is C17H20N2O2. The first-order valence-corrected chi connectivity index (χ1v) is 7.61. The molecule has 1 amide bonds. The summed E-state index contributed by atoms with van der Waals surface area (Å²) >= 11 is 0. The van der Waals surface area contributed by atoms with Gasteiger partial charge in [0.2, 0.25) is 5.91 Å². The van der Waals surface area contributed by atoms with Crippen LogP contribution in [0.4, 0.5) is 0 Å². The molecule has 4 nitrogen and oxygen atoms in total. The van der Waals surface area contributed by atoms with Crippen LogP contribution in [0.1, 0.15) is 32.8 Å². The van der Waals surface area contributed by atoms with Crippen molar-refractivity contribution in [1.29, 1.82) is 0 Å². The summed E-state index contributed by atoms with van der Waals surface area (Å²) in [5.74, 6) is 0.428. The monoisotopic (exact) mass is 284 g/mol. The summed E-state index contributed by atoms with van der Waals surface area (Å²) in [6, 6.07) is 10.4. The van der Waals surface area contributed by atoms with Crippen molar-refractivity contribution in [3.63, 3.8) is 0 Å². The van der Waals surface area contributed by atoms with Crippen LogP contribution < -0.4 is 0 Å². The van der Waals surface area contributed by atoms with Crippen LogP contribution in [0, 0.1) is 11.8 Å². The van der Waals surface area contributed by atoms with Crippen molar-refractivity contribution in [3.8, 4) is 0 Å². The Balaban J connectivity index is 1.72. The minimum Gasteiger partial charge on any atom is -0.391 e. The maximum Gasteiger partial charge on any atom is 0.230 e. The van der Waals surface area contributed by atoms with E-state index in [1.807, 2.05) is 18.2 Å². The van der Waals surface area contributed by atoms with Gasteiger partial charge in [0.25, 0.3) is 0 Å². The first-order valence-electron chi connectivity index (χ1n) is 7.61. The number of oxime groups is 1. The number of carbonyl (C=O) groups excluding carboxylic acids is 1. The van der Waals surface area contributed by atoms with Crippen molar-refractivity contribution in [2.45, 2.75) is 44.9 Å². The summed E-state index contributed by atoms with van der Waals surface area (Å²) in [7, 11) is 0. The van der Waals surface area contributed by atoms with Gasteiger partial charge in [-0.1, -0.05) is 35.5 Å². The number of hydrogen-bond donors (Lipinski definition) is 0. The molecule has 2 aliphatic heterocycles. The van der Waals surface area contributed by atoms with Crippen LogP contribution in [0.25, 0.3) is 0 Å². The molecule has 0 radical (unpaired) electrons. The number of likely N-dealkylation sites (tertiary alicyclic amines) is 1. The maximum absolute atomic E-state index is 12.6. The minimum atomic E-state index is -0.147. The summed E-state index contributed by atoms with van der Waals surface area (Å²) < 4.78 is 0. The summed E-state index contributed by atoms with van der Waals surface area (Å²) in [4.78, 5) is 20.3. The molecule has 1 aromatic carbocycles. The molecular weight excluding hydrogens is 264 g/mol. The molecule has 1 saturated heterocycles. The van der Waals surface area contributed by atoms with Gasteiger partial charge in [0.15, 0.2) is 0 Å². The molecule has 2 fully saturated rings. The van der Waals surface area contributed by atoms with Crippen molar-refractivity contribution < 1.29 is 9.63 Å². The second-order valence-corrected chi connectivity index (χ2v) is 7.23. The van der Waals surface area contributed by atoms with Crippen molar-refractivity contribution in [2.24, 2.45) is 17.0 Å². The van der Waals surface area contributed by atoms with E-state index in [2.05, 4.69) is 43.0 Å². The highest BCUT2D eigenvalue weighted by Crippen LogP contribution is 2.50. The molecule has 0 aromatic heterocycles. The third-order valence-corrected chi connectivity index (χ3v) is 4.93. The zero-order chi connectivity index (χ0) is 14.8. The van der Waals surface area contributed by atoms with E-state index in [1.54, 1.807) is 0 Å². The van der Waals surface area contributed by atoms with E-state index in [1.165, 1.54) is 0 Å². The molecule has 0 spiro atoms. The molecule has 2 bridgehead atoms. The van der Waals surface area contributed by atoms with E-state index in [0.29, 0.717) is 0 Å². The number of fused-ring (bicyclic) bond motifs is 5. The van der Waals surface area contributed by atoms with Gasteiger partial charge in [0.05, 0.1) is 17.5 Å². The Hall–Kier alpha value is -1.84. The molecule has 3 aliphatic rings. The average molecular weight is 284 g/mol. The lowest BCUT2D eigenvalue weighted by Crippen LogP contribution is -2.56. The molecule has 0 unspecified atom stereocenters. The molecule has 2 heterocycles. The SMILES string of the molecule is CC(C)(C)N1C(=O)[C@@H]2C[C@H]1[C@H]1C(c3ccccc3)=NO[C@H]12. The van der Waals surface area contributed by atoms with Gasteiger partial charge in [-0.05, 0) is 32.8 Å². The highest BCUT2D eigenvalue weighted by molar-refractivity contribution is 6.05. The number of rotatable bonds is 1. The van der Waals surface area contributed by atoms with E-state index in [0.717, 1.165) is 17.7 Å². The lowest BCUT2D eigenvalue weighted by molar-refractivity contribution is -0.146. The van der Waals surface area contributed by atoms with Gasteiger partial charge >= 0.3 is 0 Å². The van der Waals surface area contributed by atoms with Gasteiger partial charge in [-0.15, -0.1) is 0 Å². The number of carbonyl (C=O) groups is 1. The normalized spacial score (nSPS) is 34.0. The highest BCUT2D eigenvalue weighted by Gasteiger charge is 2.63. The predicted octanol–water partition coefficient (Wildman–Crippen LogP) is 2.43. The Morgan fingerprint density at radius 2 is 1.95 bits per heavy atom. The molecule has 1 aliphatic carbocycles. The van der Waals surface area contributed by atoms with Gasteiger partial charge in [0.1, 0.15) is 6.10 Å². The number of nitrogens with zero attached hydrogens (tertiary/aromatic N) is 2. The fourth-order valence-electron chi connectivity index (χ4n) is 4.20. The van der Waals surface area contributed by atoms with Crippen LogP contribution in [0.3, 0.4) is 0 Å². The zero-order valence-electron chi connectivity index (χ0n) is 12.6. The maximum atomic E-state index is 12.6. The molecule has 110 valence electrons. The minimum absolute atomic E-state index is 0.0239. The van der Waals surface area contributed by atoms with Crippen LogP contribution in [0.2, 0.25) is 0 Å². The second-order valence-electron chi connectivity index (χ2n) is 7.23. The van der Waals surface area contributed by atoms with Gasteiger partial charge < -0.3 is 9.74 Å². The smallest absolute Gasteiger partial charge is 0.230 e. The first kappa shape index (κ1) is 12.9. The number of benzene rings is 1. The number of piperidine rings is 1. The third kappa shape index (κ3) is 1.68. The molecule has 21 heavy (non-hydrogen) atoms. The van der Waals surface area contributed by atoms with Crippen LogP contribution in [0.5, 0.6) is 0 Å². The third-order valence-electron chi connectivity index (χ3n) is 4.93. The molecule has 4 rings (SSSR count). The van der Waals surface area contributed by atoms with Crippen molar-refractivity contribution in [3.05, 3.63) is 35.9 Å². The van der Waals surface area contributed by atoms with Gasteiger partial charge in [-0.2, -0.15) is 0 Å². The Kier molecular flexibility index (Phi) is 2.51. The van der Waals surface area contributed by atoms with Crippen LogP contribution in [0.15, 0.2) is 35.5 Å². The fraction of sp³-hybridized carbons (Fsp3) is 0.529. The number of amides is 1. The zero-order valence-corrected chi connectivity index (χ0v) is 12.6. The van der Waals surface area contributed by atoms with E-state index in [-0.39, 0.29) is 35.4 Å². The molecule has 1 saturated carbocycles. The Morgan fingerprint density at radius 3 is 2.62 bits per heavy atom. The summed E-state index contributed by atoms with van der Waals surface area (Å²) in [6.45, 7) is 6.32. The first-order chi connectivity index (χ1) is 9.98. The second kappa shape index (κ2) is 4.09. The van der Waals surface area contributed by atoms with E-state index in [4.69, 9.17) is 4.84 Å². The highest BCUT2D eigenvalue weighted by atomic mass is 16.6. The van der Waals surface area contributed by atoms with E-state index in [9.17, 15) is 4.79 Å². The summed E-state index contributed by atoms with van der Waals surface area (Å²) in [6.07, 6.45) is 0.841. The summed E-state index contributed by atoms with van der Waals surface area (Å²) in [5, 5.41) is 4.32. The standard InChI is InChI=1S/C17H20N2O2/c1-17(2,3)19-12-9-11(16(19)20)15-13(12)14(18-21-15)10-7-5-4-6-8-10/h4-8,11-13,15H,9H2,1-3H3/t11-,12+,13+,15+/m1/s1. The lowest BCUT2D eigenvalue weighted by atomic mass is 9.85. The lowest BCUT2D eigenvalue weighted by Gasteiger charge is -2.42. The quantitative estimate of drug-likeness (QED) is 0.795. The van der Waals surface area contributed by atoms with Gasteiger partial charge in [-0.25, -0.2) is 0 Å². The predicted molar refractivity (Wildman–Crippen MR) is 79.8 cm³/mol. The average Bonchev–Trinajstić information content (AvgIpc) is 3.07. The van der Waals surface area contributed by atoms with E-state index >= 15 is 0 Å². The Labute approximate surface area is 124 Å². The summed E-state index contributed by atoms with van der Waals surface area (Å²) in [5.41, 5.74) is 1.97.